The van der Waals surface area contributed by atoms with E-state index in [1.165, 1.54) is 24.3 Å². The van der Waals surface area contributed by atoms with Gasteiger partial charge in [0, 0.05) is 30.9 Å². The Hall–Kier alpha value is -3.35. The molecule has 2 aromatic rings. The molecule has 3 rings (SSSR count). The third-order valence-corrected chi connectivity index (χ3v) is 4.42. The summed E-state index contributed by atoms with van der Waals surface area (Å²) in [5.41, 5.74) is 2.06. The lowest BCUT2D eigenvalue weighted by molar-refractivity contribution is 0.0696. The standard InChI is InChI=1S/C20H21N3O4/c24-18(15-6-8-16(9-7-15)19(25)26)21-13-14-4-3-5-17(12-14)22-20(27)23-10-1-2-11-23/h3-9,12H,1-2,10-11,13H2,(H,21,24)(H,22,27)(H,25,26). The summed E-state index contributed by atoms with van der Waals surface area (Å²) in [6, 6.07) is 13.0. The maximum absolute atomic E-state index is 12.2. The van der Waals surface area contributed by atoms with Crippen molar-refractivity contribution in [1.82, 2.24) is 10.2 Å². The van der Waals surface area contributed by atoms with E-state index < -0.39 is 5.97 Å². The van der Waals surface area contributed by atoms with Gasteiger partial charge in [0.1, 0.15) is 0 Å². The van der Waals surface area contributed by atoms with E-state index in [2.05, 4.69) is 10.6 Å². The molecule has 7 heteroatoms. The Kier molecular flexibility index (Phi) is 5.71. The fourth-order valence-electron chi connectivity index (χ4n) is 2.93. The van der Waals surface area contributed by atoms with E-state index in [4.69, 9.17) is 5.11 Å². The average Bonchev–Trinajstić information content (AvgIpc) is 3.21. The van der Waals surface area contributed by atoms with Crippen LogP contribution in [-0.2, 0) is 6.54 Å². The minimum Gasteiger partial charge on any atom is -0.478 e. The molecule has 0 radical (unpaired) electrons. The number of aromatic carboxylic acids is 1. The lowest BCUT2D eigenvalue weighted by atomic mass is 10.1. The van der Waals surface area contributed by atoms with Crippen LogP contribution in [-0.4, -0.2) is 41.0 Å². The van der Waals surface area contributed by atoms with Crippen LogP contribution in [0.1, 0.15) is 39.1 Å². The fourth-order valence-corrected chi connectivity index (χ4v) is 2.93. The quantitative estimate of drug-likeness (QED) is 0.757. The Morgan fingerprint density at radius 3 is 2.30 bits per heavy atom. The highest BCUT2D eigenvalue weighted by Gasteiger charge is 2.17. The maximum Gasteiger partial charge on any atom is 0.335 e. The van der Waals surface area contributed by atoms with Gasteiger partial charge in [0.25, 0.3) is 5.91 Å². The number of urea groups is 1. The number of rotatable bonds is 5. The van der Waals surface area contributed by atoms with Crippen molar-refractivity contribution < 1.29 is 19.5 Å². The van der Waals surface area contributed by atoms with Crippen LogP contribution < -0.4 is 10.6 Å². The van der Waals surface area contributed by atoms with Gasteiger partial charge in [-0.05, 0) is 54.8 Å². The molecule has 0 aliphatic carbocycles. The van der Waals surface area contributed by atoms with Crippen LogP contribution in [0.25, 0.3) is 0 Å². The summed E-state index contributed by atoms with van der Waals surface area (Å²) in [5.74, 6) is -1.33. The molecule has 1 heterocycles. The van der Waals surface area contributed by atoms with Crippen LogP contribution in [0.15, 0.2) is 48.5 Å². The number of carbonyl (C=O) groups is 3. The van der Waals surface area contributed by atoms with Crippen molar-refractivity contribution >= 4 is 23.6 Å². The zero-order valence-corrected chi connectivity index (χ0v) is 14.8. The molecule has 0 unspecified atom stereocenters. The van der Waals surface area contributed by atoms with Gasteiger partial charge in [0.15, 0.2) is 0 Å². The van der Waals surface area contributed by atoms with Gasteiger partial charge in [0.05, 0.1) is 5.56 Å². The molecule has 2 aromatic carbocycles. The van der Waals surface area contributed by atoms with E-state index in [1.807, 2.05) is 24.3 Å². The van der Waals surface area contributed by atoms with Gasteiger partial charge in [0.2, 0.25) is 0 Å². The predicted octanol–water partition coefficient (Wildman–Crippen LogP) is 2.94. The Labute approximate surface area is 157 Å². The number of hydrogen-bond donors (Lipinski definition) is 3. The number of anilines is 1. The zero-order chi connectivity index (χ0) is 19.2. The first-order valence-corrected chi connectivity index (χ1v) is 8.79. The molecule has 0 atom stereocenters. The van der Waals surface area contributed by atoms with Crippen LogP contribution >= 0.6 is 0 Å². The smallest absolute Gasteiger partial charge is 0.335 e. The van der Waals surface area contributed by atoms with Crippen molar-refractivity contribution in [2.75, 3.05) is 18.4 Å². The first-order valence-electron chi connectivity index (χ1n) is 8.79. The molecule has 0 aromatic heterocycles. The van der Waals surface area contributed by atoms with Crippen molar-refractivity contribution in [3.63, 3.8) is 0 Å². The second-order valence-electron chi connectivity index (χ2n) is 6.39. The van der Waals surface area contributed by atoms with Crippen molar-refractivity contribution in [3.8, 4) is 0 Å². The van der Waals surface area contributed by atoms with Gasteiger partial charge in [-0.3, -0.25) is 4.79 Å². The first kappa shape index (κ1) is 18.4. The Morgan fingerprint density at radius 1 is 0.963 bits per heavy atom. The Morgan fingerprint density at radius 2 is 1.63 bits per heavy atom. The number of amides is 3. The van der Waals surface area contributed by atoms with Gasteiger partial charge in [-0.25, -0.2) is 9.59 Å². The number of benzene rings is 2. The third-order valence-electron chi connectivity index (χ3n) is 4.42. The normalized spacial score (nSPS) is 13.3. The van der Waals surface area contributed by atoms with Crippen molar-refractivity contribution in [2.45, 2.75) is 19.4 Å². The first-order chi connectivity index (χ1) is 13.0. The summed E-state index contributed by atoms with van der Waals surface area (Å²) in [5, 5.41) is 14.6. The number of nitrogens with zero attached hydrogens (tertiary/aromatic N) is 1. The monoisotopic (exact) mass is 367 g/mol. The SMILES string of the molecule is O=C(O)c1ccc(C(=O)NCc2cccc(NC(=O)N3CCCC3)c2)cc1. The minimum atomic E-state index is -1.03. The molecule has 3 amide bonds. The fraction of sp³-hybridized carbons (Fsp3) is 0.250. The third kappa shape index (κ3) is 4.84. The summed E-state index contributed by atoms with van der Waals surface area (Å²) < 4.78 is 0. The number of carbonyl (C=O) groups excluding carboxylic acids is 2. The maximum atomic E-state index is 12.2. The summed E-state index contributed by atoms with van der Waals surface area (Å²) in [6.07, 6.45) is 2.07. The lowest BCUT2D eigenvalue weighted by Gasteiger charge is -2.16. The van der Waals surface area contributed by atoms with E-state index in [0.29, 0.717) is 17.8 Å². The highest BCUT2D eigenvalue weighted by Crippen LogP contribution is 2.14. The van der Waals surface area contributed by atoms with E-state index >= 15 is 0 Å². The second kappa shape index (κ2) is 8.35. The van der Waals surface area contributed by atoms with Gasteiger partial charge in [-0.1, -0.05) is 12.1 Å². The van der Waals surface area contributed by atoms with Crippen LogP contribution in [0.4, 0.5) is 10.5 Å². The van der Waals surface area contributed by atoms with Crippen LogP contribution in [0.3, 0.4) is 0 Å². The topological polar surface area (TPSA) is 98.7 Å². The van der Waals surface area contributed by atoms with Crippen LogP contribution in [0.5, 0.6) is 0 Å². The number of nitrogens with one attached hydrogen (secondary N) is 2. The molecule has 0 bridgehead atoms. The van der Waals surface area contributed by atoms with Crippen molar-refractivity contribution in [2.24, 2.45) is 0 Å². The van der Waals surface area contributed by atoms with Crippen LogP contribution in [0, 0.1) is 0 Å². The summed E-state index contributed by atoms with van der Waals surface area (Å²) >= 11 is 0. The average molecular weight is 367 g/mol. The molecule has 1 aliphatic heterocycles. The minimum absolute atomic E-state index is 0.104. The van der Waals surface area contributed by atoms with E-state index in [0.717, 1.165) is 31.5 Å². The summed E-state index contributed by atoms with van der Waals surface area (Å²) in [4.78, 5) is 37.0. The molecule has 1 saturated heterocycles. The summed E-state index contributed by atoms with van der Waals surface area (Å²) in [7, 11) is 0. The molecule has 1 aliphatic rings. The number of likely N-dealkylation sites (tertiary alicyclic amines) is 1. The van der Waals surface area contributed by atoms with Gasteiger partial charge in [-0.2, -0.15) is 0 Å². The van der Waals surface area contributed by atoms with Gasteiger partial charge >= 0.3 is 12.0 Å². The summed E-state index contributed by atoms with van der Waals surface area (Å²) in [6.45, 7) is 1.86. The Balaban J connectivity index is 1.56. The highest BCUT2D eigenvalue weighted by molar-refractivity contribution is 5.95. The van der Waals surface area contributed by atoms with Gasteiger partial charge in [-0.15, -0.1) is 0 Å². The zero-order valence-electron chi connectivity index (χ0n) is 14.8. The highest BCUT2D eigenvalue weighted by atomic mass is 16.4. The lowest BCUT2D eigenvalue weighted by Crippen LogP contribution is -2.32. The largest absolute Gasteiger partial charge is 0.478 e. The molecular formula is C20H21N3O4. The molecule has 7 nitrogen and oxygen atoms in total. The van der Waals surface area contributed by atoms with E-state index in [-0.39, 0.29) is 17.5 Å². The molecule has 0 spiro atoms. The van der Waals surface area contributed by atoms with Crippen molar-refractivity contribution in [3.05, 3.63) is 65.2 Å². The van der Waals surface area contributed by atoms with Crippen molar-refractivity contribution in [1.29, 1.82) is 0 Å². The predicted molar refractivity (Wildman–Crippen MR) is 101 cm³/mol. The molecule has 3 N–H and O–H groups in total. The Bertz CT molecular complexity index is 843. The molecular weight excluding hydrogens is 346 g/mol. The molecule has 0 saturated carbocycles. The molecule has 140 valence electrons. The van der Waals surface area contributed by atoms with E-state index in [9.17, 15) is 14.4 Å². The van der Waals surface area contributed by atoms with Crippen LogP contribution in [0.2, 0.25) is 0 Å². The number of carboxylic acid groups (broad SMARTS) is 1. The number of hydrogen-bond acceptors (Lipinski definition) is 3. The van der Waals surface area contributed by atoms with E-state index in [1.54, 1.807) is 4.90 Å². The van der Waals surface area contributed by atoms with Gasteiger partial charge < -0.3 is 20.6 Å². The molecule has 27 heavy (non-hydrogen) atoms. The second-order valence-corrected chi connectivity index (χ2v) is 6.39. The molecule has 1 fully saturated rings. The number of carboxylic acids is 1.